The van der Waals surface area contributed by atoms with Crippen LogP contribution in [0.1, 0.15) is 25.8 Å². The van der Waals surface area contributed by atoms with Gasteiger partial charge in [0.25, 0.3) is 5.91 Å². The van der Waals surface area contributed by atoms with Crippen molar-refractivity contribution in [1.82, 2.24) is 5.32 Å². The normalized spacial score (nSPS) is 12.0. The molecule has 1 amide bonds. The minimum absolute atomic E-state index is 0.330. The van der Waals surface area contributed by atoms with Crippen molar-refractivity contribution in [2.24, 2.45) is 0 Å². The molecule has 0 aliphatic heterocycles. The number of esters is 1. The number of hydrogen-bond donors (Lipinski definition) is 1. The van der Waals surface area contributed by atoms with Gasteiger partial charge in [0.1, 0.15) is 5.75 Å². The number of ether oxygens (including phenoxy) is 2. The number of benzene rings is 1. The number of carbonyl (C=O) groups excluding carboxylic acids is 2. The van der Waals surface area contributed by atoms with Gasteiger partial charge in [-0.3, -0.25) is 4.79 Å². The second kappa shape index (κ2) is 8.79. The van der Waals surface area contributed by atoms with Gasteiger partial charge >= 0.3 is 5.97 Å². The zero-order chi connectivity index (χ0) is 15.7. The number of carbonyl (C=O) groups is 2. The molecule has 0 bridgehead atoms. The number of nitrogens with one attached hydrogen (secondary N) is 1. The summed E-state index contributed by atoms with van der Waals surface area (Å²) < 4.78 is 10.0. The summed E-state index contributed by atoms with van der Waals surface area (Å²) in [5, 5.41) is 2.72. The molecule has 5 nitrogen and oxygen atoms in total. The summed E-state index contributed by atoms with van der Waals surface area (Å²) in [5.41, 5.74) is 0.938. The first-order valence-electron chi connectivity index (χ1n) is 6.84. The minimum atomic E-state index is -0.822. The predicted molar refractivity (Wildman–Crippen MR) is 79.8 cm³/mol. The van der Waals surface area contributed by atoms with Crippen LogP contribution in [0.15, 0.2) is 36.4 Å². The Morgan fingerprint density at radius 2 is 1.95 bits per heavy atom. The Balaban J connectivity index is 2.41. The van der Waals surface area contributed by atoms with Crippen molar-refractivity contribution in [1.29, 1.82) is 0 Å². The summed E-state index contributed by atoms with van der Waals surface area (Å²) in [4.78, 5) is 23.2. The van der Waals surface area contributed by atoms with E-state index in [1.165, 1.54) is 6.08 Å². The molecule has 5 heteroatoms. The highest BCUT2D eigenvalue weighted by Crippen LogP contribution is 2.11. The number of amides is 1. The SMILES string of the molecule is CC/C=C/C(=O)O[C@H](C)C(=O)NCc1ccc(OC)cc1. The largest absolute Gasteiger partial charge is 0.497 e. The average Bonchev–Trinajstić information content (AvgIpc) is 2.50. The number of hydrogen-bond acceptors (Lipinski definition) is 4. The minimum Gasteiger partial charge on any atom is -0.497 e. The van der Waals surface area contributed by atoms with Gasteiger partial charge in [0.2, 0.25) is 0 Å². The standard InChI is InChI=1S/C16H21NO4/c1-4-5-6-15(18)21-12(2)16(19)17-11-13-7-9-14(20-3)10-8-13/h5-10,12H,4,11H2,1-3H3,(H,17,19)/b6-5+/t12-/m1/s1. The molecule has 0 saturated carbocycles. The van der Waals surface area contributed by atoms with Crippen LogP contribution in [-0.2, 0) is 20.9 Å². The van der Waals surface area contributed by atoms with Crippen molar-refractivity contribution in [3.8, 4) is 5.75 Å². The fourth-order valence-electron chi connectivity index (χ4n) is 1.56. The molecule has 0 radical (unpaired) electrons. The fraction of sp³-hybridized carbons (Fsp3) is 0.375. The molecule has 114 valence electrons. The monoisotopic (exact) mass is 291 g/mol. The van der Waals surface area contributed by atoms with E-state index in [9.17, 15) is 9.59 Å². The molecule has 0 aliphatic carbocycles. The molecule has 21 heavy (non-hydrogen) atoms. The smallest absolute Gasteiger partial charge is 0.331 e. The van der Waals surface area contributed by atoms with Gasteiger partial charge in [-0.05, 0) is 31.0 Å². The molecule has 0 spiro atoms. The van der Waals surface area contributed by atoms with Gasteiger partial charge in [0.15, 0.2) is 6.10 Å². The molecule has 0 heterocycles. The lowest BCUT2D eigenvalue weighted by atomic mass is 10.2. The number of methoxy groups -OCH3 is 1. The van der Waals surface area contributed by atoms with Crippen molar-refractivity contribution < 1.29 is 19.1 Å². The topological polar surface area (TPSA) is 64.6 Å². The summed E-state index contributed by atoms with van der Waals surface area (Å²) >= 11 is 0. The Bertz CT molecular complexity index is 494. The average molecular weight is 291 g/mol. The van der Waals surface area contributed by atoms with E-state index in [0.29, 0.717) is 6.54 Å². The molecule has 1 atom stereocenters. The third-order valence-electron chi connectivity index (χ3n) is 2.78. The molecule has 0 aromatic heterocycles. The van der Waals surface area contributed by atoms with E-state index in [2.05, 4.69) is 5.32 Å². The Morgan fingerprint density at radius 3 is 2.52 bits per heavy atom. The van der Waals surface area contributed by atoms with Crippen molar-refractivity contribution in [3.63, 3.8) is 0 Å². The molecule has 1 rings (SSSR count). The highest BCUT2D eigenvalue weighted by molar-refractivity contribution is 5.87. The first-order valence-corrected chi connectivity index (χ1v) is 6.84. The second-order valence-corrected chi connectivity index (χ2v) is 4.46. The lowest BCUT2D eigenvalue weighted by molar-refractivity contribution is -0.150. The van der Waals surface area contributed by atoms with Crippen molar-refractivity contribution in [3.05, 3.63) is 42.0 Å². The molecule has 1 N–H and O–H groups in total. The van der Waals surface area contributed by atoms with Crippen molar-refractivity contribution >= 4 is 11.9 Å². The Labute approximate surface area is 124 Å². The van der Waals surface area contributed by atoms with Gasteiger partial charge in [-0.15, -0.1) is 0 Å². The Hall–Kier alpha value is -2.30. The zero-order valence-corrected chi connectivity index (χ0v) is 12.6. The Morgan fingerprint density at radius 1 is 1.29 bits per heavy atom. The number of rotatable bonds is 7. The van der Waals surface area contributed by atoms with Crippen LogP contribution in [0.25, 0.3) is 0 Å². The van der Waals surface area contributed by atoms with Crippen LogP contribution in [0.2, 0.25) is 0 Å². The number of allylic oxidation sites excluding steroid dienone is 1. The maximum absolute atomic E-state index is 11.8. The van der Waals surface area contributed by atoms with Crippen LogP contribution < -0.4 is 10.1 Å². The first kappa shape index (κ1) is 16.8. The molecule has 0 unspecified atom stereocenters. The van der Waals surface area contributed by atoms with E-state index in [4.69, 9.17) is 9.47 Å². The highest BCUT2D eigenvalue weighted by Gasteiger charge is 2.15. The first-order chi connectivity index (χ1) is 10.1. The van der Waals surface area contributed by atoms with E-state index in [-0.39, 0.29) is 5.91 Å². The molecule has 0 fully saturated rings. The van der Waals surface area contributed by atoms with Crippen molar-refractivity contribution in [2.45, 2.75) is 32.9 Å². The quantitative estimate of drug-likeness (QED) is 0.618. The van der Waals surface area contributed by atoms with Crippen molar-refractivity contribution in [2.75, 3.05) is 7.11 Å². The van der Waals surface area contributed by atoms with Crippen LogP contribution in [0.3, 0.4) is 0 Å². The third kappa shape index (κ3) is 6.12. The highest BCUT2D eigenvalue weighted by atomic mass is 16.5. The summed E-state index contributed by atoms with van der Waals surface area (Å²) in [6.45, 7) is 3.82. The molecule has 1 aromatic rings. The zero-order valence-electron chi connectivity index (χ0n) is 12.6. The third-order valence-corrected chi connectivity index (χ3v) is 2.78. The van der Waals surface area contributed by atoms with E-state index in [1.54, 1.807) is 20.1 Å². The fourth-order valence-corrected chi connectivity index (χ4v) is 1.56. The van der Waals surface area contributed by atoms with Gasteiger partial charge in [-0.1, -0.05) is 25.1 Å². The molecule has 0 saturated heterocycles. The predicted octanol–water partition coefficient (Wildman–Crippen LogP) is 2.21. The van der Waals surface area contributed by atoms with Crippen LogP contribution >= 0.6 is 0 Å². The van der Waals surface area contributed by atoms with Crippen LogP contribution in [0.5, 0.6) is 5.75 Å². The van der Waals surface area contributed by atoms with Gasteiger partial charge in [-0.2, -0.15) is 0 Å². The van der Waals surface area contributed by atoms with E-state index >= 15 is 0 Å². The van der Waals surface area contributed by atoms with Crippen LogP contribution in [0.4, 0.5) is 0 Å². The maximum Gasteiger partial charge on any atom is 0.331 e. The summed E-state index contributed by atoms with van der Waals surface area (Å²) in [5.74, 6) is -0.0805. The maximum atomic E-state index is 11.8. The van der Waals surface area contributed by atoms with Crippen LogP contribution in [0, 0.1) is 0 Å². The lowest BCUT2D eigenvalue weighted by Gasteiger charge is -2.12. The molecular formula is C16H21NO4. The van der Waals surface area contributed by atoms with E-state index in [1.807, 2.05) is 31.2 Å². The summed E-state index contributed by atoms with van der Waals surface area (Å²) in [6, 6.07) is 7.36. The van der Waals surface area contributed by atoms with E-state index < -0.39 is 12.1 Å². The van der Waals surface area contributed by atoms with Gasteiger partial charge in [-0.25, -0.2) is 4.79 Å². The van der Waals surface area contributed by atoms with Crippen LogP contribution in [-0.4, -0.2) is 25.1 Å². The van der Waals surface area contributed by atoms with E-state index in [0.717, 1.165) is 17.7 Å². The second-order valence-electron chi connectivity index (χ2n) is 4.46. The summed E-state index contributed by atoms with van der Waals surface area (Å²) in [7, 11) is 1.60. The van der Waals surface area contributed by atoms with Gasteiger partial charge < -0.3 is 14.8 Å². The molecular weight excluding hydrogens is 270 g/mol. The summed E-state index contributed by atoms with van der Waals surface area (Å²) in [6.07, 6.45) is 2.93. The lowest BCUT2D eigenvalue weighted by Crippen LogP contribution is -2.35. The molecule has 0 aliphatic rings. The molecule has 1 aromatic carbocycles. The van der Waals surface area contributed by atoms with Gasteiger partial charge in [0, 0.05) is 12.6 Å². The van der Waals surface area contributed by atoms with Gasteiger partial charge in [0.05, 0.1) is 7.11 Å². The Kier molecular flexibility index (Phi) is 7.01.